The van der Waals surface area contributed by atoms with Gasteiger partial charge in [-0.05, 0) is 38.1 Å². The molecule has 3 rings (SSSR count). The summed E-state index contributed by atoms with van der Waals surface area (Å²) >= 11 is 3.39. The van der Waals surface area contributed by atoms with E-state index in [0.29, 0.717) is 12.4 Å². The first-order valence-electron chi connectivity index (χ1n) is 9.01. The molecule has 0 saturated carbocycles. The van der Waals surface area contributed by atoms with E-state index in [2.05, 4.69) is 41.0 Å². The number of hydrogen-bond acceptors (Lipinski definition) is 6. The van der Waals surface area contributed by atoms with Crippen LogP contribution in [-0.2, 0) is 4.79 Å². The molecule has 0 unspecified atom stereocenters. The second kappa shape index (κ2) is 9.14. The Morgan fingerprint density at radius 3 is 2.56 bits per heavy atom. The number of nitrogens with one attached hydrogen (secondary N) is 1. The second-order valence-corrected chi connectivity index (χ2v) is 7.62. The molecule has 27 heavy (non-hydrogen) atoms. The molecular formula is C19H24BrN5O2. The lowest BCUT2D eigenvalue weighted by Gasteiger charge is -2.34. The minimum atomic E-state index is -0.00195. The van der Waals surface area contributed by atoms with Crippen LogP contribution in [0.3, 0.4) is 0 Å². The summed E-state index contributed by atoms with van der Waals surface area (Å²) in [5, 5.41) is 2.93. The minimum Gasteiger partial charge on any atom is -0.474 e. The van der Waals surface area contributed by atoms with Gasteiger partial charge in [-0.25, -0.2) is 0 Å². The van der Waals surface area contributed by atoms with Crippen molar-refractivity contribution in [3.8, 4) is 5.88 Å². The Morgan fingerprint density at radius 2 is 1.89 bits per heavy atom. The number of hydrogen-bond donors (Lipinski definition) is 1. The van der Waals surface area contributed by atoms with Gasteiger partial charge in [0.1, 0.15) is 0 Å². The summed E-state index contributed by atoms with van der Waals surface area (Å²) in [5.74, 6) is 1.35. The molecule has 0 spiro atoms. The number of aromatic nitrogens is 2. The molecule has 1 amide bonds. The zero-order valence-corrected chi connectivity index (χ0v) is 17.1. The number of benzene rings is 1. The van der Waals surface area contributed by atoms with E-state index < -0.39 is 0 Å². The Hall–Kier alpha value is -2.19. The van der Waals surface area contributed by atoms with Gasteiger partial charge in [-0.3, -0.25) is 14.7 Å². The quantitative estimate of drug-likeness (QED) is 0.754. The van der Waals surface area contributed by atoms with Gasteiger partial charge in [-0.1, -0.05) is 15.9 Å². The highest BCUT2D eigenvalue weighted by Gasteiger charge is 2.20. The maximum Gasteiger partial charge on any atom is 0.238 e. The van der Waals surface area contributed by atoms with Crippen LogP contribution in [0.25, 0.3) is 0 Å². The van der Waals surface area contributed by atoms with Crippen molar-refractivity contribution in [2.75, 3.05) is 42.9 Å². The van der Waals surface area contributed by atoms with Gasteiger partial charge in [0.15, 0.2) is 5.82 Å². The third kappa shape index (κ3) is 5.90. The molecule has 2 heterocycles. The zero-order valence-electron chi connectivity index (χ0n) is 15.6. The third-order valence-electron chi connectivity index (χ3n) is 4.15. The molecule has 1 aliphatic rings. The summed E-state index contributed by atoms with van der Waals surface area (Å²) in [6, 6.07) is 7.58. The van der Waals surface area contributed by atoms with Gasteiger partial charge in [-0.2, -0.15) is 4.98 Å². The molecule has 1 fully saturated rings. The summed E-state index contributed by atoms with van der Waals surface area (Å²) in [4.78, 5) is 25.3. The van der Waals surface area contributed by atoms with Crippen LogP contribution < -0.4 is 15.0 Å². The van der Waals surface area contributed by atoms with Gasteiger partial charge in [-0.15, -0.1) is 0 Å². The van der Waals surface area contributed by atoms with Crippen molar-refractivity contribution in [2.24, 2.45) is 0 Å². The van der Waals surface area contributed by atoms with E-state index in [4.69, 9.17) is 4.74 Å². The first-order valence-corrected chi connectivity index (χ1v) is 9.80. The summed E-state index contributed by atoms with van der Waals surface area (Å²) in [7, 11) is 0. The number of anilines is 2. The summed E-state index contributed by atoms with van der Waals surface area (Å²) in [6.07, 6.45) is 3.45. The zero-order chi connectivity index (χ0) is 19.2. The average molecular weight is 434 g/mol. The normalized spacial score (nSPS) is 15.0. The molecule has 0 radical (unpaired) electrons. The minimum absolute atomic E-state index is 0.00195. The molecule has 2 aromatic rings. The number of nitrogens with zero attached hydrogens (tertiary/aromatic N) is 4. The highest BCUT2D eigenvalue weighted by Crippen LogP contribution is 2.17. The molecule has 8 heteroatoms. The molecule has 0 aliphatic carbocycles. The van der Waals surface area contributed by atoms with E-state index in [-0.39, 0.29) is 12.0 Å². The van der Waals surface area contributed by atoms with Crippen LogP contribution in [-0.4, -0.2) is 59.6 Å². The van der Waals surface area contributed by atoms with Crippen LogP contribution in [0, 0.1) is 0 Å². The number of rotatable bonds is 6. The van der Waals surface area contributed by atoms with Crippen LogP contribution in [0.2, 0.25) is 0 Å². The fourth-order valence-electron chi connectivity index (χ4n) is 2.86. The van der Waals surface area contributed by atoms with E-state index in [1.807, 2.05) is 38.1 Å². The van der Waals surface area contributed by atoms with Crippen molar-refractivity contribution < 1.29 is 9.53 Å². The molecule has 0 bridgehead atoms. The lowest BCUT2D eigenvalue weighted by Crippen LogP contribution is -2.49. The Morgan fingerprint density at radius 1 is 1.19 bits per heavy atom. The Bertz CT molecular complexity index is 761. The van der Waals surface area contributed by atoms with Gasteiger partial charge in [0.25, 0.3) is 0 Å². The van der Waals surface area contributed by atoms with Gasteiger partial charge in [0.05, 0.1) is 25.0 Å². The van der Waals surface area contributed by atoms with Gasteiger partial charge >= 0.3 is 0 Å². The van der Waals surface area contributed by atoms with Crippen molar-refractivity contribution in [1.82, 2.24) is 14.9 Å². The second-order valence-electron chi connectivity index (χ2n) is 6.70. The number of ether oxygens (including phenoxy) is 1. The van der Waals surface area contributed by atoms with E-state index >= 15 is 0 Å². The number of piperazine rings is 1. The highest BCUT2D eigenvalue weighted by atomic mass is 79.9. The van der Waals surface area contributed by atoms with Crippen molar-refractivity contribution in [2.45, 2.75) is 20.0 Å². The van der Waals surface area contributed by atoms with Crippen molar-refractivity contribution in [3.63, 3.8) is 0 Å². The molecule has 7 nitrogen and oxygen atoms in total. The molecule has 1 aliphatic heterocycles. The van der Waals surface area contributed by atoms with E-state index in [1.165, 1.54) is 0 Å². The lowest BCUT2D eigenvalue weighted by atomic mass is 10.3. The predicted octanol–water partition coefficient (Wildman–Crippen LogP) is 2.79. The van der Waals surface area contributed by atoms with E-state index in [0.717, 1.165) is 42.2 Å². The number of carbonyl (C=O) groups excluding carboxylic acids is 1. The first-order chi connectivity index (χ1) is 13.0. The van der Waals surface area contributed by atoms with Crippen LogP contribution in [0.5, 0.6) is 5.88 Å². The van der Waals surface area contributed by atoms with Crippen LogP contribution in [0.4, 0.5) is 11.5 Å². The Balaban J connectivity index is 1.48. The number of amides is 1. The average Bonchev–Trinajstić information content (AvgIpc) is 2.64. The third-order valence-corrected chi connectivity index (χ3v) is 4.68. The lowest BCUT2D eigenvalue weighted by molar-refractivity contribution is -0.117. The van der Waals surface area contributed by atoms with Crippen LogP contribution in [0.15, 0.2) is 41.1 Å². The molecule has 144 valence electrons. The van der Waals surface area contributed by atoms with Crippen molar-refractivity contribution in [3.05, 3.63) is 41.1 Å². The number of carbonyl (C=O) groups is 1. The Labute approximate surface area is 167 Å². The molecule has 0 atom stereocenters. The van der Waals surface area contributed by atoms with Crippen LogP contribution in [0.1, 0.15) is 13.8 Å². The monoisotopic (exact) mass is 433 g/mol. The fourth-order valence-corrected chi connectivity index (χ4v) is 3.13. The van der Waals surface area contributed by atoms with Gasteiger partial charge in [0.2, 0.25) is 11.8 Å². The first kappa shape index (κ1) is 19.6. The van der Waals surface area contributed by atoms with Crippen molar-refractivity contribution in [1.29, 1.82) is 0 Å². The highest BCUT2D eigenvalue weighted by molar-refractivity contribution is 9.10. The van der Waals surface area contributed by atoms with Crippen molar-refractivity contribution >= 4 is 33.3 Å². The molecule has 1 N–H and O–H groups in total. The molecule has 1 saturated heterocycles. The summed E-state index contributed by atoms with van der Waals surface area (Å²) < 4.78 is 6.61. The summed E-state index contributed by atoms with van der Waals surface area (Å²) in [6.45, 7) is 7.50. The van der Waals surface area contributed by atoms with Gasteiger partial charge < -0.3 is 15.0 Å². The van der Waals surface area contributed by atoms with Crippen LogP contribution >= 0.6 is 15.9 Å². The van der Waals surface area contributed by atoms with E-state index in [1.54, 1.807) is 12.4 Å². The van der Waals surface area contributed by atoms with E-state index in [9.17, 15) is 4.79 Å². The predicted molar refractivity (Wildman–Crippen MR) is 109 cm³/mol. The largest absolute Gasteiger partial charge is 0.474 e. The SMILES string of the molecule is CC(C)Oc1cncc(N2CCN(CC(=O)Nc3ccc(Br)cc3)CC2)n1. The standard InChI is InChI=1S/C19H24BrN5O2/c1-14(2)27-19-12-21-11-17(23-19)25-9-7-24(8-10-25)13-18(26)22-16-5-3-15(20)4-6-16/h3-6,11-12,14H,7-10,13H2,1-2H3,(H,22,26). The smallest absolute Gasteiger partial charge is 0.238 e. The van der Waals surface area contributed by atoms with Gasteiger partial charge in [0, 0.05) is 36.3 Å². The maximum atomic E-state index is 12.2. The molecule has 1 aromatic heterocycles. The Kier molecular flexibility index (Phi) is 6.63. The summed E-state index contributed by atoms with van der Waals surface area (Å²) in [5.41, 5.74) is 0.805. The number of halogens is 1. The molecule has 1 aromatic carbocycles. The topological polar surface area (TPSA) is 70.6 Å². The molecular weight excluding hydrogens is 410 g/mol. The maximum absolute atomic E-state index is 12.2. The fraction of sp³-hybridized carbons (Fsp3) is 0.421.